The summed E-state index contributed by atoms with van der Waals surface area (Å²) in [6.07, 6.45) is 2.63. The van der Waals surface area contributed by atoms with Crippen LogP contribution in [-0.4, -0.2) is 62.7 Å². The van der Waals surface area contributed by atoms with Crippen LogP contribution in [0.3, 0.4) is 0 Å². The fourth-order valence-corrected chi connectivity index (χ4v) is 2.41. The van der Waals surface area contributed by atoms with Crippen molar-refractivity contribution < 1.29 is 0 Å². The van der Waals surface area contributed by atoms with Crippen molar-refractivity contribution in [3.05, 3.63) is 0 Å². The number of nitrogens with zero attached hydrogens (tertiary/aromatic N) is 2. The average molecular weight is 227 g/mol. The molecule has 96 valence electrons. The topological polar surface area (TPSA) is 18.5 Å². The molecule has 0 aromatic carbocycles. The minimum atomic E-state index is 0.722. The SMILES string of the molecule is CCN(CCCN(C)C)CC1NCCC1C. The van der Waals surface area contributed by atoms with Crippen LogP contribution in [0.5, 0.6) is 0 Å². The molecule has 0 aromatic rings. The van der Waals surface area contributed by atoms with Crippen molar-refractivity contribution in [1.82, 2.24) is 15.1 Å². The minimum absolute atomic E-state index is 0.722. The molecule has 3 heteroatoms. The molecule has 0 radical (unpaired) electrons. The Labute approximate surface area is 101 Å². The number of nitrogens with one attached hydrogen (secondary N) is 1. The second kappa shape index (κ2) is 7.25. The van der Waals surface area contributed by atoms with Gasteiger partial charge in [-0.15, -0.1) is 0 Å². The zero-order valence-corrected chi connectivity index (χ0v) is 11.5. The lowest BCUT2D eigenvalue weighted by Gasteiger charge is -2.26. The summed E-state index contributed by atoms with van der Waals surface area (Å²) in [7, 11) is 4.30. The molecule has 0 amide bonds. The Balaban J connectivity index is 2.20. The van der Waals surface area contributed by atoms with E-state index in [1.807, 2.05) is 0 Å². The van der Waals surface area contributed by atoms with Gasteiger partial charge >= 0.3 is 0 Å². The van der Waals surface area contributed by atoms with Crippen LogP contribution in [0.4, 0.5) is 0 Å². The first-order valence-corrected chi connectivity index (χ1v) is 6.74. The second-order valence-electron chi connectivity index (χ2n) is 5.38. The molecule has 1 aliphatic rings. The van der Waals surface area contributed by atoms with E-state index in [2.05, 4.69) is 43.1 Å². The fourth-order valence-electron chi connectivity index (χ4n) is 2.41. The molecule has 1 N–H and O–H groups in total. The molecule has 2 atom stereocenters. The van der Waals surface area contributed by atoms with Crippen molar-refractivity contribution in [2.45, 2.75) is 32.7 Å². The molecule has 1 heterocycles. The van der Waals surface area contributed by atoms with Gasteiger partial charge in [0.05, 0.1) is 0 Å². The van der Waals surface area contributed by atoms with Crippen molar-refractivity contribution in [2.24, 2.45) is 5.92 Å². The Morgan fingerprint density at radius 1 is 1.25 bits per heavy atom. The minimum Gasteiger partial charge on any atom is -0.312 e. The lowest BCUT2D eigenvalue weighted by molar-refractivity contribution is 0.231. The summed E-state index contributed by atoms with van der Waals surface area (Å²) < 4.78 is 0. The van der Waals surface area contributed by atoms with Crippen LogP contribution in [0.2, 0.25) is 0 Å². The molecule has 1 rings (SSSR count). The third-order valence-corrected chi connectivity index (χ3v) is 3.67. The van der Waals surface area contributed by atoms with Gasteiger partial charge < -0.3 is 15.1 Å². The number of hydrogen-bond acceptors (Lipinski definition) is 3. The van der Waals surface area contributed by atoms with Gasteiger partial charge in [0.15, 0.2) is 0 Å². The first-order valence-electron chi connectivity index (χ1n) is 6.74. The lowest BCUT2D eigenvalue weighted by atomic mass is 10.0. The Hall–Kier alpha value is -0.120. The Kier molecular flexibility index (Phi) is 6.32. The summed E-state index contributed by atoms with van der Waals surface area (Å²) in [5, 5.41) is 3.62. The van der Waals surface area contributed by atoms with Gasteiger partial charge in [-0.25, -0.2) is 0 Å². The number of rotatable bonds is 7. The highest BCUT2D eigenvalue weighted by Gasteiger charge is 2.23. The third-order valence-electron chi connectivity index (χ3n) is 3.67. The maximum atomic E-state index is 3.62. The van der Waals surface area contributed by atoms with Crippen LogP contribution in [-0.2, 0) is 0 Å². The normalized spacial score (nSPS) is 25.9. The largest absolute Gasteiger partial charge is 0.312 e. The molecule has 0 aliphatic carbocycles. The van der Waals surface area contributed by atoms with Gasteiger partial charge in [-0.1, -0.05) is 13.8 Å². The second-order valence-corrected chi connectivity index (χ2v) is 5.38. The molecule has 3 nitrogen and oxygen atoms in total. The molecular weight excluding hydrogens is 198 g/mol. The van der Waals surface area contributed by atoms with Crippen LogP contribution in [0, 0.1) is 5.92 Å². The number of likely N-dealkylation sites (N-methyl/N-ethyl adjacent to an activating group) is 1. The van der Waals surface area contributed by atoms with Gasteiger partial charge in [-0.3, -0.25) is 0 Å². The van der Waals surface area contributed by atoms with E-state index in [0.29, 0.717) is 0 Å². The van der Waals surface area contributed by atoms with Crippen molar-refractivity contribution in [1.29, 1.82) is 0 Å². The standard InChI is InChI=1S/C13H29N3/c1-5-16(10-6-9-15(3)4)11-13-12(2)7-8-14-13/h12-14H,5-11H2,1-4H3. The van der Waals surface area contributed by atoms with E-state index >= 15 is 0 Å². The van der Waals surface area contributed by atoms with Crippen molar-refractivity contribution in [2.75, 3.05) is 46.8 Å². The van der Waals surface area contributed by atoms with E-state index in [1.165, 1.54) is 45.6 Å². The van der Waals surface area contributed by atoms with E-state index < -0.39 is 0 Å². The molecule has 0 bridgehead atoms. The highest BCUT2D eigenvalue weighted by atomic mass is 15.2. The molecular formula is C13H29N3. The summed E-state index contributed by atoms with van der Waals surface area (Å²) in [6, 6.07) is 0.722. The Morgan fingerprint density at radius 3 is 2.50 bits per heavy atom. The molecule has 0 saturated carbocycles. The van der Waals surface area contributed by atoms with Crippen molar-refractivity contribution in [3.63, 3.8) is 0 Å². The van der Waals surface area contributed by atoms with E-state index in [1.54, 1.807) is 0 Å². The molecule has 2 unspecified atom stereocenters. The van der Waals surface area contributed by atoms with E-state index in [0.717, 1.165) is 12.0 Å². The van der Waals surface area contributed by atoms with Crippen LogP contribution in [0.1, 0.15) is 26.7 Å². The predicted molar refractivity (Wildman–Crippen MR) is 70.9 cm³/mol. The fraction of sp³-hybridized carbons (Fsp3) is 1.00. The quantitative estimate of drug-likeness (QED) is 0.706. The van der Waals surface area contributed by atoms with Gasteiger partial charge in [-0.2, -0.15) is 0 Å². The van der Waals surface area contributed by atoms with Crippen LogP contribution >= 0.6 is 0 Å². The molecule has 0 spiro atoms. The summed E-state index contributed by atoms with van der Waals surface area (Å²) in [5.41, 5.74) is 0. The summed E-state index contributed by atoms with van der Waals surface area (Å²) in [6.45, 7) is 10.7. The molecule has 1 fully saturated rings. The lowest BCUT2D eigenvalue weighted by Crippen LogP contribution is -2.40. The van der Waals surface area contributed by atoms with E-state index in [9.17, 15) is 0 Å². The van der Waals surface area contributed by atoms with Crippen LogP contribution in [0.25, 0.3) is 0 Å². The van der Waals surface area contributed by atoms with E-state index in [-0.39, 0.29) is 0 Å². The smallest absolute Gasteiger partial charge is 0.0221 e. The summed E-state index contributed by atoms with van der Waals surface area (Å²) >= 11 is 0. The third kappa shape index (κ3) is 4.81. The Morgan fingerprint density at radius 2 is 2.00 bits per heavy atom. The maximum Gasteiger partial charge on any atom is 0.0221 e. The molecule has 1 saturated heterocycles. The van der Waals surface area contributed by atoms with Gasteiger partial charge in [0.2, 0.25) is 0 Å². The van der Waals surface area contributed by atoms with Crippen molar-refractivity contribution >= 4 is 0 Å². The molecule has 1 aliphatic heterocycles. The first-order chi connectivity index (χ1) is 7.63. The van der Waals surface area contributed by atoms with Crippen LogP contribution in [0.15, 0.2) is 0 Å². The maximum absolute atomic E-state index is 3.62. The van der Waals surface area contributed by atoms with Gasteiger partial charge in [0.25, 0.3) is 0 Å². The zero-order chi connectivity index (χ0) is 12.0. The summed E-state index contributed by atoms with van der Waals surface area (Å²) in [5.74, 6) is 0.850. The van der Waals surface area contributed by atoms with Crippen molar-refractivity contribution in [3.8, 4) is 0 Å². The number of hydrogen-bond donors (Lipinski definition) is 1. The Bertz CT molecular complexity index is 182. The average Bonchev–Trinajstić information content (AvgIpc) is 2.62. The highest BCUT2D eigenvalue weighted by Crippen LogP contribution is 2.15. The van der Waals surface area contributed by atoms with Gasteiger partial charge in [0, 0.05) is 12.6 Å². The molecule has 16 heavy (non-hydrogen) atoms. The van der Waals surface area contributed by atoms with Gasteiger partial charge in [0.1, 0.15) is 0 Å². The zero-order valence-electron chi connectivity index (χ0n) is 11.5. The van der Waals surface area contributed by atoms with Gasteiger partial charge in [-0.05, 0) is 59.0 Å². The first kappa shape index (κ1) is 13.9. The monoisotopic (exact) mass is 227 g/mol. The molecule has 0 aromatic heterocycles. The van der Waals surface area contributed by atoms with E-state index in [4.69, 9.17) is 0 Å². The summed E-state index contributed by atoms with van der Waals surface area (Å²) in [4.78, 5) is 4.85. The van der Waals surface area contributed by atoms with Crippen LogP contribution < -0.4 is 5.32 Å². The highest BCUT2D eigenvalue weighted by molar-refractivity contribution is 4.83. The predicted octanol–water partition coefficient (Wildman–Crippen LogP) is 1.26.